The third-order valence-corrected chi connectivity index (χ3v) is 6.95. The van der Waals surface area contributed by atoms with Gasteiger partial charge in [-0.3, -0.25) is 9.00 Å². The van der Waals surface area contributed by atoms with E-state index in [4.69, 9.17) is 10.5 Å². The summed E-state index contributed by atoms with van der Waals surface area (Å²) in [6.45, 7) is 2.00. The Morgan fingerprint density at radius 1 is 1.03 bits per heavy atom. The summed E-state index contributed by atoms with van der Waals surface area (Å²) in [5.74, 6) is -0.289. The number of carbonyl (C=O) groups excluding carboxylic acids is 1. The number of ether oxygens (including phenoxy) is 1. The van der Waals surface area contributed by atoms with Crippen molar-refractivity contribution in [3.05, 3.63) is 70.3 Å². The molecule has 0 saturated carbocycles. The van der Waals surface area contributed by atoms with Gasteiger partial charge in [-0.1, -0.05) is 42.5 Å². The topological polar surface area (TPSA) is 130 Å². The summed E-state index contributed by atoms with van der Waals surface area (Å²) in [6.07, 6.45) is -1.14. The fourth-order valence-electron chi connectivity index (χ4n) is 3.97. The molecular formula is C24H31NO6S. The predicted octanol–water partition coefficient (Wildman–Crippen LogP) is 1.25. The lowest BCUT2D eigenvalue weighted by Gasteiger charge is -2.40. The summed E-state index contributed by atoms with van der Waals surface area (Å²) in [5.41, 5.74) is 9.12. The molecule has 0 bridgehead atoms. The lowest BCUT2D eigenvalue weighted by atomic mass is 9.91. The van der Waals surface area contributed by atoms with Crippen molar-refractivity contribution in [3.8, 4) is 0 Å². The molecule has 8 heteroatoms. The normalized spacial score (nSPS) is 26.6. The zero-order valence-electron chi connectivity index (χ0n) is 18.3. The Bertz CT molecular complexity index is 963. The third kappa shape index (κ3) is 5.82. The molecule has 2 aromatic carbocycles. The Labute approximate surface area is 190 Å². The van der Waals surface area contributed by atoms with Crippen molar-refractivity contribution in [1.82, 2.24) is 0 Å². The molecule has 1 aliphatic rings. The van der Waals surface area contributed by atoms with Gasteiger partial charge >= 0.3 is 0 Å². The van der Waals surface area contributed by atoms with E-state index in [1.54, 1.807) is 0 Å². The Morgan fingerprint density at radius 2 is 1.69 bits per heavy atom. The monoisotopic (exact) mass is 461 g/mol. The number of aryl methyl sites for hydroxylation is 2. The summed E-state index contributed by atoms with van der Waals surface area (Å²) in [5, 5.41) is 30.8. The number of hydrogen-bond donors (Lipinski definition) is 4. The van der Waals surface area contributed by atoms with Gasteiger partial charge in [-0.05, 0) is 54.0 Å². The average Bonchev–Trinajstić information content (AvgIpc) is 2.75. The van der Waals surface area contributed by atoms with E-state index in [0.29, 0.717) is 18.4 Å². The van der Waals surface area contributed by atoms with Gasteiger partial charge in [-0.15, -0.1) is 0 Å². The maximum absolute atomic E-state index is 11.9. The number of benzene rings is 2. The molecule has 0 radical (unpaired) electrons. The van der Waals surface area contributed by atoms with E-state index in [9.17, 15) is 24.3 Å². The zero-order valence-corrected chi connectivity index (χ0v) is 19.1. The number of carbonyl (C=O) groups is 1. The van der Waals surface area contributed by atoms with Crippen LogP contribution in [0.5, 0.6) is 0 Å². The highest BCUT2D eigenvalue weighted by Gasteiger charge is 2.45. The zero-order chi connectivity index (χ0) is 23.4. The minimum Gasteiger partial charge on any atom is -0.387 e. The highest BCUT2D eigenvalue weighted by Crippen LogP contribution is 2.34. The van der Waals surface area contributed by atoms with Gasteiger partial charge in [0.05, 0.1) is 10.8 Å². The fraction of sp³-hybridized carbons (Fsp3) is 0.458. The van der Waals surface area contributed by atoms with Gasteiger partial charge in [0.2, 0.25) is 5.91 Å². The van der Waals surface area contributed by atoms with Crippen molar-refractivity contribution in [3.63, 3.8) is 0 Å². The smallest absolute Gasteiger partial charge is 0.217 e. The highest BCUT2D eigenvalue weighted by molar-refractivity contribution is 7.84. The van der Waals surface area contributed by atoms with Crippen molar-refractivity contribution >= 4 is 16.7 Å². The van der Waals surface area contributed by atoms with Gasteiger partial charge in [-0.25, -0.2) is 0 Å². The Hall–Kier alpha value is -2.10. The molecule has 174 valence electrons. The predicted molar refractivity (Wildman–Crippen MR) is 122 cm³/mol. The molecule has 0 spiro atoms. The Morgan fingerprint density at radius 3 is 2.31 bits per heavy atom. The van der Waals surface area contributed by atoms with E-state index in [0.717, 1.165) is 35.1 Å². The van der Waals surface area contributed by atoms with Crippen molar-refractivity contribution in [2.75, 3.05) is 6.26 Å². The van der Waals surface area contributed by atoms with E-state index in [2.05, 4.69) is 0 Å². The first-order chi connectivity index (χ1) is 15.2. The minimum absolute atomic E-state index is 0.289. The van der Waals surface area contributed by atoms with Gasteiger partial charge in [0.15, 0.2) is 5.44 Å². The first-order valence-electron chi connectivity index (χ1n) is 10.6. The van der Waals surface area contributed by atoms with Gasteiger partial charge in [-0.2, -0.15) is 0 Å². The molecule has 5 N–H and O–H groups in total. The van der Waals surface area contributed by atoms with Gasteiger partial charge < -0.3 is 25.8 Å². The second-order valence-electron chi connectivity index (χ2n) is 8.39. The summed E-state index contributed by atoms with van der Waals surface area (Å²) in [4.78, 5) is 10.9. The van der Waals surface area contributed by atoms with Crippen LogP contribution in [0.2, 0.25) is 0 Å². The molecule has 6 atom stereocenters. The molecule has 0 aliphatic carbocycles. The van der Waals surface area contributed by atoms with E-state index in [1.165, 1.54) is 6.26 Å². The van der Waals surface area contributed by atoms with Gasteiger partial charge in [0.1, 0.15) is 24.4 Å². The average molecular weight is 462 g/mol. The molecule has 1 heterocycles. The largest absolute Gasteiger partial charge is 0.387 e. The van der Waals surface area contributed by atoms with Crippen molar-refractivity contribution < 1.29 is 29.1 Å². The van der Waals surface area contributed by atoms with Crippen LogP contribution in [0.15, 0.2) is 42.5 Å². The molecule has 2 aromatic rings. The van der Waals surface area contributed by atoms with Crippen LogP contribution in [0.4, 0.5) is 0 Å². The molecule has 32 heavy (non-hydrogen) atoms. The summed E-state index contributed by atoms with van der Waals surface area (Å²) in [6, 6.07) is 13.8. The standard InChI is InChI=1S/C24H31NO6S/c1-14-6-11-17(23-21(28)20(27)22(29)24(31-23)32(2)30)13-18(14)12-16-9-7-15(8-10-16)4-3-5-19(25)26/h6-11,13,20-24,27-29H,3-5,12H2,1-2H3,(H2,25,26)/t20-,21+,22+,23+,24-,32?/m1/s1. The number of rotatable bonds is 8. The Balaban J connectivity index is 1.76. The summed E-state index contributed by atoms with van der Waals surface area (Å²) in [7, 11) is -1.53. The number of amides is 1. The summed E-state index contributed by atoms with van der Waals surface area (Å²) < 4.78 is 17.7. The van der Waals surface area contributed by atoms with Crippen LogP contribution < -0.4 is 5.73 Å². The first-order valence-corrected chi connectivity index (χ1v) is 12.3. The van der Waals surface area contributed by atoms with E-state index < -0.39 is 40.7 Å². The number of aliphatic hydroxyl groups excluding tert-OH is 3. The molecule has 1 saturated heterocycles. The molecule has 1 amide bonds. The molecule has 7 nitrogen and oxygen atoms in total. The lowest BCUT2D eigenvalue weighted by molar-refractivity contribution is -0.201. The van der Waals surface area contributed by atoms with Gasteiger partial charge in [0, 0.05) is 12.7 Å². The number of aliphatic hydroxyl groups is 3. The molecule has 1 aliphatic heterocycles. The SMILES string of the molecule is Cc1ccc([C@@H]2O[C@H](S(C)=O)[C@@H](O)[C@H](O)[C@@H]2O)cc1Cc1ccc(CCCC(N)=O)cc1. The van der Waals surface area contributed by atoms with Crippen LogP contribution in [0, 0.1) is 6.92 Å². The number of primary amides is 1. The van der Waals surface area contributed by atoms with Crippen LogP contribution >= 0.6 is 0 Å². The van der Waals surface area contributed by atoms with Gasteiger partial charge in [0.25, 0.3) is 0 Å². The van der Waals surface area contributed by atoms with Crippen molar-refractivity contribution in [2.45, 2.75) is 62.5 Å². The maximum Gasteiger partial charge on any atom is 0.217 e. The second-order valence-corrected chi connectivity index (χ2v) is 9.86. The van der Waals surface area contributed by atoms with Crippen LogP contribution in [-0.2, 0) is 33.2 Å². The van der Waals surface area contributed by atoms with Crippen molar-refractivity contribution in [1.29, 1.82) is 0 Å². The Kier molecular flexibility index (Phi) is 8.19. The van der Waals surface area contributed by atoms with E-state index >= 15 is 0 Å². The lowest BCUT2D eigenvalue weighted by Crippen LogP contribution is -2.55. The molecular weight excluding hydrogens is 430 g/mol. The fourth-order valence-corrected chi connectivity index (χ4v) is 4.80. The third-order valence-electron chi connectivity index (χ3n) is 5.90. The minimum atomic E-state index is -1.53. The van der Waals surface area contributed by atoms with Crippen molar-refractivity contribution in [2.24, 2.45) is 5.73 Å². The number of nitrogens with two attached hydrogens (primary N) is 1. The highest BCUT2D eigenvalue weighted by atomic mass is 32.2. The number of hydrogen-bond acceptors (Lipinski definition) is 6. The molecule has 3 rings (SSSR count). The quantitative estimate of drug-likeness (QED) is 0.468. The second kappa shape index (κ2) is 10.7. The van der Waals surface area contributed by atoms with E-state index in [1.807, 2.05) is 49.4 Å². The summed E-state index contributed by atoms with van der Waals surface area (Å²) >= 11 is 0. The van der Waals surface area contributed by atoms with E-state index in [-0.39, 0.29) is 5.91 Å². The van der Waals surface area contributed by atoms with Crippen LogP contribution in [0.1, 0.15) is 46.8 Å². The van der Waals surface area contributed by atoms with Crippen LogP contribution in [-0.4, -0.2) is 55.4 Å². The first kappa shape index (κ1) is 24.5. The molecule has 1 unspecified atom stereocenters. The van der Waals surface area contributed by atoms with Crippen LogP contribution in [0.25, 0.3) is 0 Å². The van der Waals surface area contributed by atoms with Crippen LogP contribution in [0.3, 0.4) is 0 Å². The molecule has 1 fully saturated rings. The molecule has 0 aromatic heterocycles. The maximum atomic E-state index is 11.9.